The normalized spacial score (nSPS) is 23.0. The van der Waals surface area contributed by atoms with Gasteiger partial charge in [-0.2, -0.15) is 0 Å². The summed E-state index contributed by atoms with van der Waals surface area (Å²) in [4.78, 5) is 26.3. The van der Waals surface area contributed by atoms with Crippen LogP contribution in [0.2, 0.25) is 0 Å². The molecule has 0 aromatic rings. The lowest BCUT2D eigenvalue weighted by molar-refractivity contribution is -0.137. The van der Waals surface area contributed by atoms with E-state index >= 15 is 0 Å². The van der Waals surface area contributed by atoms with Gasteiger partial charge >= 0.3 is 0 Å². The molecule has 0 aromatic heterocycles. The van der Waals surface area contributed by atoms with E-state index in [0.29, 0.717) is 12.3 Å². The minimum atomic E-state index is -0.299. The van der Waals surface area contributed by atoms with Gasteiger partial charge in [0.2, 0.25) is 11.8 Å². The Kier molecular flexibility index (Phi) is 4.65. The summed E-state index contributed by atoms with van der Waals surface area (Å²) >= 11 is 0. The second-order valence-electron chi connectivity index (χ2n) is 5.19. The summed E-state index contributed by atoms with van der Waals surface area (Å²) in [6.07, 6.45) is 1.14. The summed E-state index contributed by atoms with van der Waals surface area (Å²) in [6.45, 7) is 4.92. The Hall–Kier alpha value is -0.940. The number of nitrogens with zero attached hydrogens (tertiary/aromatic N) is 2. The van der Waals surface area contributed by atoms with Gasteiger partial charge in [0.05, 0.1) is 12.5 Å². The van der Waals surface area contributed by atoms with Crippen molar-refractivity contribution < 1.29 is 9.59 Å². The summed E-state index contributed by atoms with van der Waals surface area (Å²) in [5.74, 6) is 0.239. The molecule has 1 saturated heterocycles. The summed E-state index contributed by atoms with van der Waals surface area (Å²) in [5, 5.41) is 0. The van der Waals surface area contributed by atoms with E-state index in [4.69, 9.17) is 5.73 Å². The molecule has 1 fully saturated rings. The first kappa shape index (κ1) is 14.1. The van der Waals surface area contributed by atoms with Crippen molar-refractivity contribution in [1.29, 1.82) is 0 Å². The standard InChI is InChI=1S/C12H23N3O2/c1-8(2)9(13)5-6-14(3)10-7-11(16)15(4)12(10)17/h8-10H,5-7,13H2,1-4H3. The van der Waals surface area contributed by atoms with Crippen LogP contribution in [0.25, 0.3) is 0 Å². The average Bonchev–Trinajstić information content (AvgIpc) is 2.53. The predicted octanol–water partition coefficient (Wildman–Crippen LogP) is 0.0489. The van der Waals surface area contributed by atoms with E-state index in [2.05, 4.69) is 13.8 Å². The van der Waals surface area contributed by atoms with Gasteiger partial charge in [0, 0.05) is 19.6 Å². The molecule has 1 aliphatic rings. The molecule has 0 radical (unpaired) electrons. The molecule has 2 atom stereocenters. The van der Waals surface area contributed by atoms with Gasteiger partial charge in [0.25, 0.3) is 0 Å². The highest BCUT2D eigenvalue weighted by Crippen LogP contribution is 2.16. The molecule has 0 saturated carbocycles. The van der Waals surface area contributed by atoms with E-state index in [-0.39, 0.29) is 23.9 Å². The molecule has 1 rings (SSSR count). The highest BCUT2D eigenvalue weighted by Gasteiger charge is 2.38. The zero-order valence-electron chi connectivity index (χ0n) is 11.1. The Bertz CT molecular complexity index is 304. The van der Waals surface area contributed by atoms with E-state index < -0.39 is 0 Å². The zero-order valence-corrected chi connectivity index (χ0v) is 11.1. The number of amides is 2. The lowest BCUT2D eigenvalue weighted by Gasteiger charge is -2.24. The Morgan fingerprint density at radius 2 is 2.06 bits per heavy atom. The molecule has 1 aliphatic heterocycles. The summed E-state index contributed by atoms with van der Waals surface area (Å²) < 4.78 is 0. The second kappa shape index (κ2) is 5.60. The summed E-state index contributed by atoms with van der Waals surface area (Å²) in [6, 6.07) is -0.158. The van der Waals surface area contributed by atoms with Crippen LogP contribution in [0.5, 0.6) is 0 Å². The van der Waals surface area contributed by atoms with Crippen molar-refractivity contribution in [3.8, 4) is 0 Å². The molecular formula is C12H23N3O2. The summed E-state index contributed by atoms with van der Waals surface area (Å²) in [5.41, 5.74) is 5.96. The van der Waals surface area contributed by atoms with Gasteiger partial charge in [-0.1, -0.05) is 13.8 Å². The number of likely N-dealkylation sites (N-methyl/N-ethyl adjacent to an activating group) is 2. The molecule has 17 heavy (non-hydrogen) atoms. The molecule has 1 heterocycles. The van der Waals surface area contributed by atoms with Crippen LogP contribution < -0.4 is 5.73 Å². The fourth-order valence-electron chi connectivity index (χ4n) is 1.92. The molecule has 0 aliphatic carbocycles. The van der Waals surface area contributed by atoms with Crippen LogP contribution in [0, 0.1) is 5.92 Å². The number of hydrogen-bond donors (Lipinski definition) is 1. The lowest BCUT2D eigenvalue weighted by atomic mass is 10.0. The molecule has 0 aromatic carbocycles. The van der Waals surface area contributed by atoms with E-state index in [1.54, 1.807) is 7.05 Å². The van der Waals surface area contributed by atoms with Gasteiger partial charge in [-0.05, 0) is 19.4 Å². The monoisotopic (exact) mass is 241 g/mol. The maximum atomic E-state index is 11.8. The SMILES string of the molecule is CC(C)C(N)CCN(C)C1CC(=O)N(C)C1=O. The smallest absolute Gasteiger partial charge is 0.246 e. The number of nitrogens with two attached hydrogens (primary N) is 1. The predicted molar refractivity (Wildman–Crippen MR) is 66.2 cm³/mol. The molecular weight excluding hydrogens is 218 g/mol. The third-order valence-electron chi connectivity index (χ3n) is 3.56. The highest BCUT2D eigenvalue weighted by molar-refractivity contribution is 6.05. The fraction of sp³-hybridized carbons (Fsp3) is 0.833. The van der Waals surface area contributed by atoms with Gasteiger partial charge < -0.3 is 5.73 Å². The Morgan fingerprint density at radius 3 is 2.47 bits per heavy atom. The Labute approximate surface area is 103 Å². The van der Waals surface area contributed by atoms with E-state index in [0.717, 1.165) is 13.0 Å². The van der Waals surface area contributed by atoms with Crippen LogP contribution in [-0.4, -0.2) is 54.3 Å². The minimum absolute atomic E-state index is 0.0972. The first-order valence-corrected chi connectivity index (χ1v) is 6.10. The van der Waals surface area contributed by atoms with Crippen molar-refractivity contribution in [2.75, 3.05) is 20.6 Å². The van der Waals surface area contributed by atoms with Gasteiger partial charge in [-0.15, -0.1) is 0 Å². The van der Waals surface area contributed by atoms with E-state index in [1.165, 1.54) is 4.90 Å². The van der Waals surface area contributed by atoms with Crippen molar-refractivity contribution in [2.24, 2.45) is 11.7 Å². The topological polar surface area (TPSA) is 66.6 Å². The molecule has 0 spiro atoms. The Morgan fingerprint density at radius 1 is 1.47 bits per heavy atom. The zero-order chi connectivity index (χ0) is 13.2. The van der Waals surface area contributed by atoms with Crippen LogP contribution in [0.4, 0.5) is 0 Å². The van der Waals surface area contributed by atoms with Crippen molar-refractivity contribution in [1.82, 2.24) is 9.80 Å². The largest absolute Gasteiger partial charge is 0.327 e. The number of hydrogen-bond acceptors (Lipinski definition) is 4. The molecule has 5 heteroatoms. The number of likely N-dealkylation sites (tertiary alicyclic amines) is 1. The van der Waals surface area contributed by atoms with Crippen molar-refractivity contribution >= 4 is 11.8 Å². The highest BCUT2D eigenvalue weighted by atomic mass is 16.2. The van der Waals surface area contributed by atoms with Gasteiger partial charge in [0.1, 0.15) is 0 Å². The molecule has 0 bridgehead atoms. The Balaban J connectivity index is 2.46. The van der Waals surface area contributed by atoms with Gasteiger partial charge in [-0.25, -0.2) is 0 Å². The number of carbonyl (C=O) groups excluding carboxylic acids is 2. The number of carbonyl (C=O) groups is 2. The van der Waals surface area contributed by atoms with Crippen LogP contribution in [0.3, 0.4) is 0 Å². The van der Waals surface area contributed by atoms with E-state index in [9.17, 15) is 9.59 Å². The van der Waals surface area contributed by atoms with Gasteiger partial charge in [-0.3, -0.25) is 19.4 Å². The third kappa shape index (κ3) is 3.26. The van der Waals surface area contributed by atoms with Crippen molar-refractivity contribution in [2.45, 2.75) is 38.8 Å². The van der Waals surface area contributed by atoms with Crippen molar-refractivity contribution in [3.05, 3.63) is 0 Å². The fourth-order valence-corrected chi connectivity index (χ4v) is 1.92. The average molecular weight is 241 g/mol. The summed E-state index contributed by atoms with van der Waals surface area (Å²) in [7, 11) is 3.42. The molecule has 98 valence electrons. The van der Waals surface area contributed by atoms with Crippen LogP contribution in [0.1, 0.15) is 26.7 Å². The van der Waals surface area contributed by atoms with Crippen LogP contribution in [-0.2, 0) is 9.59 Å². The quantitative estimate of drug-likeness (QED) is 0.691. The lowest BCUT2D eigenvalue weighted by Crippen LogP contribution is -2.41. The second-order valence-corrected chi connectivity index (χ2v) is 5.19. The molecule has 5 nitrogen and oxygen atoms in total. The third-order valence-corrected chi connectivity index (χ3v) is 3.56. The first-order chi connectivity index (χ1) is 7.84. The van der Waals surface area contributed by atoms with Crippen LogP contribution >= 0.6 is 0 Å². The minimum Gasteiger partial charge on any atom is -0.327 e. The van der Waals surface area contributed by atoms with Crippen molar-refractivity contribution in [3.63, 3.8) is 0 Å². The first-order valence-electron chi connectivity index (χ1n) is 6.10. The molecule has 2 N–H and O–H groups in total. The van der Waals surface area contributed by atoms with E-state index in [1.807, 2.05) is 11.9 Å². The molecule has 2 amide bonds. The maximum absolute atomic E-state index is 11.8. The van der Waals surface area contributed by atoms with Crippen LogP contribution in [0.15, 0.2) is 0 Å². The number of rotatable bonds is 5. The molecule has 2 unspecified atom stereocenters. The van der Waals surface area contributed by atoms with Gasteiger partial charge in [0.15, 0.2) is 0 Å². The number of imide groups is 1. The maximum Gasteiger partial charge on any atom is 0.246 e.